The van der Waals surface area contributed by atoms with Crippen LogP contribution in [0.15, 0.2) is 57.0 Å². The number of aryl methyl sites for hydroxylation is 1. The van der Waals surface area contributed by atoms with Crippen LogP contribution in [0.1, 0.15) is 27.0 Å². The second-order valence-electron chi connectivity index (χ2n) is 8.70. The van der Waals surface area contributed by atoms with Crippen molar-refractivity contribution in [3.05, 3.63) is 96.2 Å². The molecule has 206 valence electrons. The first-order chi connectivity index (χ1) is 18.0. The quantitative estimate of drug-likeness (QED) is 0.380. The Labute approximate surface area is 213 Å². The van der Waals surface area contributed by atoms with Crippen LogP contribution in [0.5, 0.6) is 0 Å². The average molecular weight is 556 g/mol. The van der Waals surface area contributed by atoms with E-state index in [0.717, 1.165) is 46.4 Å². The highest BCUT2D eigenvalue weighted by atomic mass is 19.4. The molecule has 0 atom stereocenters. The number of carbonyl (C=O) groups is 1. The predicted octanol–water partition coefficient (Wildman–Crippen LogP) is 3.29. The molecule has 0 aliphatic carbocycles. The Hall–Kier alpha value is -4.56. The molecule has 0 bridgehead atoms. The lowest BCUT2D eigenvalue weighted by molar-refractivity contribution is -0.140. The summed E-state index contributed by atoms with van der Waals surface area (Å²) in [5, 5.41) is 9.55. The maximum Gasteiger partial charge on any atom is 0.416 e. The third kappa shape index (κ3) is 4.98. The second-order valence-corrected chi connectivity index (χ2v) is 8.70. The van der Waals surface area contributed by atoms with Crippen LogP contribution in [0.4, 0.5) is 26.3 Å². The maximum absolute atomic E-state index is 13.4. The number of hydrogen-bond acceptors (Lipinski definition) is 4. The molecule has 4 rings (SSSR count). The van der Waals surface area contributed by atoms with E-state index in [2.05, 4.69) is 0 Å². The van der Waals surface area contributed by atoms with Crippen LogP contribution in [0, 0.1) is 6.92 Å². The normalized spacial score (nSPS) is 12.3. The van der Waals surface area contributed by atoms with Gasteiger partial charge in [-0.3, -0.25) is 23.1 Å². The monoisotopic (exact) mass is 556 g/mol. The van der Waals surface area contributed by atoms with Crippen LogP contribution in [0.25, 0.3) is 16.7 Å². The molecule has 2 aromatic heterocycles. The molecule has 2 heterocycles. The number of aromatic nitrogens is 4. The molecule has 0 radical (unpaired) electrons. The van der Waals surface area contributed by atoms with Gasteiger partial charge in [0.15, 0.2) is 0 Å². The van der Waals surface area contributed by atoms with Gasteiger partial charge < -0.3 is 5.11 Å². The summed E-state index contributed by atoms with van der Waals surface area (Å²) < 4.78 is 81.6. The summed E-state index contributed by atoms with van der Waals surface area (Å²) in [4.78, 5) is 50.4. The Bertz CT molecular complexity index is 1810. The molecule has 15 heteroatoms. The minimum Gasteiger partial charge on any atom is -0.477 e. The summed E-state index contributed by atoms with van der Waals surface area (Å²) in [6.45, 7) is -1.13. The van der Waals surface area contributed by atoms with Crippen LogP contribution < -0.4 is 16.9 Å². The third-order valence-electron chi connectivity index (χ3n) is 6.23. The van der Waals surface area contributed by atoms with Crippen molar-refractivity contribution in [1.29, 1.82) is 0 Å². The molecule has 0 fully saturated rings. The van der Waals surface area contributed by atoms with Crippen LogP contribution in [0.2, 0.25) is 0 Å². The zero-order valence-corrected chi connectivity index (χ0v) is 20.1. The van der Waals surface area contributed by atoms with E-state index in [9.17, 15) is 50.6 Å². The molecule has 0 amide bonds. The standard InChI is InChI=1S/C24H18F6N4O5/c1-12-13(4-3-5-16(12)24(28,29)30)9-33-19(35)15(20(36)37)10-32(22(33)39)14-6-7-17-18(8-14)31(2)21(38)34(17)11-23(25,26)27/h3-8,10H,9,11H2,1-2H3,(H,36,37). The molecule has 0 saturated carbocycles. The van der Waals surface area contributed by atoms with E-state index in [1.807, 2.05) is 0 Å². The fourth-order valence-corrected chi connectivity index (χ4v) is 4.28. The van der Waals surface area contributed by atoms with E-state index in [0.29, 0.717) is 15.3 Å². The van der Waals surface area contributed by atoms with E-state index in [4.69, 9.17) is 0 Å². The third-order valence-corrected chi connectivity index (χ3v) is 6.23. The molecule has 4 aromatic rings. The summed E-state index contributed by atoms with van der Waals surface area (Å²) in [7, 11) is 1.20. The van der Waals surface area contributed by atoms with E-state index in [-0.39, 0.29) is 27.8 Å². The van der Waals surface area contributed by atoms with Crippen molar-refractivity contribution in [3.63, 3.8) is 0 Å². The summed E-state index contributed by atoms with van der Waals surface area (Å²) in [6, 6.07) is 6.57. The first kappa shape index (κ1) is 27.5. The number of imidazole rings is 1. The molecule has 0 aliphatic heterocycles. The number of alkyl halides is 6. The predicted molar refractivity (Wildman–Crippen MR) is 125 cm³/mol. The van der Waals surface area contributed by atoms with Gasteiger partial charge in [-0.05, 0) is 42.3 Å². The zero-order chi connectivity index (χ0) is 29.0. The largest absolute Gasteiger partial charge is 0.477 e. The second kappa shape index (κ2) is 9.32. The number of rotatable bonds is 5. The van der Waals surface area contributed by atoms with Gasteiger partial charge in [0.25, 0.3) is 5.56 Å². The average Bonchev–Trinajstić information content (AvgIpc) is 3.05. The minimum absolute atomic E-state index is 0.0306. The van der Waals surface area contributed by atoms with Gasteiger partial charge in [0.2, 0.25) is 0 Å². The molecule has 0 saturated heterocycles. The van der Waals surface area contributed by atoms with Gasteiger partial charge >= 0.3 is 29.7 Å². The van der Waals surface area contributed by atoms with E-state index in [1.165, 1.54) is 13.1 Å². The minimum atomic E-state index is -4.72. The van der Waals surface area contributed by atoms with Gasteiger partial charge in [-0.1, -0.05) is 12.1 Å². The first-order valence-corrected chi connectivity index (χ1v) is 11.0. The van der Waals surface area contributed by atoms with Gasteiger partial charge in [0, 0.05) is 13.2 Å². The van der Waals surface area contributed by atoms with Crippen molar-refractivity contribution in [3.8, 4) is 5.69 Å². The Morgan fingerprint density at radius 1 is 0.923 bits per heavy atom. The number of carboxylic acids is 1. The Morgan fingerprint density at radius 3 is 2.18 bits per heavy atom. The topological polar surface area (TPSA) is 108 Å². The van der Waals surface area contributed by atoms with Crippen LogP contribution in [-0.2, 0) is 26.3 Å². The maximum atomic E-state index is 13.4. The Kier molecular flexibility index (Phi) is 6.57. The van der Waals surface area contributed by atoms with E-state index >= 15 is 0 Å². The number of benzene rings is 2. The lowest BCUT2D eigenvalue weighted by atomic mass is 10.0. The van der Waals surface area contributed by atoms with Gasteiger partial charge in [0.05, 0.1) is 28.8 Å². The molecule has 9 nitrogen and oxygen atoms in total. The van der Waals surface area contributed by atoms with E-state index < -0.39 is 59.5 Å². The van der Waals surface area contributed by atoms with Crippen LogP contribution in [-0.4, -0.2) is 35.5 Å². The number of fused-ring (bicyclic) bond motifs is 1. The number of nitrogens with zero attached hydrogens (tertiary/aromatic N) is 4. The Morgan fingerprint density at radius 2 is 1.59 bits per heavy atom. The van der Waals surface area contributed by atoms with Crippen molar-refractivity contribution in [2.75, 3.05) is 0 Å². The fraction of sp³-hybridized carbons (Fsp3) is 0.250. The lowest BCUT2D eigenvalue weighted by Gasteiger charge is -2.16. The molecular formula is C24H18F6N4O5. The molecular weight excluding hydrogens is 538 g/mol. The van der Waals surface area contributed by atoms with E-state index in [1.54, 1.807) is 0 Å². The fourth-order valence-electron chi connectivity index (χ4n) is 4.28. The van der Waals surface area contributed by atoms with Gasteiger partial charge in [-0.25, -0.2) is 14.4 Å². The highest BCUT2D eigenvalue weighted by Gasteiger charge is 2.33. The highest BCUT2D eigenvalue weighted by molar-refractivity contribution is 5.87. The molecule has 39 heavy (non-hydrogen) atoms. The van der Waals surface area contributed by atoms with Crippen molar-refractivity contribution < 1.29 is 36.2 Å². The molecule has 2 aromatic carbocycles. The highest BCUT2D eigenvalue weighted by Crippen LogP contribution is 2.33. The van der Waals surface area contributed by atoms with Gasteiger partial charge in [0.1, 0.15) is 12.1 Å². The molecule has 0 spiro atoms. The lowest BCUT2D eigenvalue weighted by Crippen LogP contribution is -2.42. The number of aromatic carboxylic acids is 1. The summed E-state index contributed by atoms with van der Waals surface area (Å²) in [5.41, 5.74) is -5.88. The smallest absolute Gasteiger partial charge is 0.416 e. The molecule has 0 aliphatic rings. The summed E-state index contributed by atoms with van der Waals surface area (Å²) in [5.74, 6) is -1.73. The SMILES string of the molecule is Cc1c(Cn2c(=O)c(C(=O)O)cn(-c3ccc4c(c3)n(C)c(=O)n4CC(F)(F)F)c2=O)cccc1C(F)(F)F. The summed E-state index contributed by atoms with van der Waals surface area (Å²) >= 11 is 0. The van der Waals surface area contributed by atoms with Gasteiger partial charge in [-0.2, -0.15) is 26.3 Å². The first-order valence-electron chi connectivity index (χ1n) is 11.0. The molecule has 1 N–H and O–H groups in total. The number of carboxylic acid groups (broad SMARTS) is 1. The number of hydrogen-bond donors (Lipinski definition) is 1. The molecule has 0 unspecified atom stereocenters. The van der Waals surface area contributed by atoms with Crippen molar-refractivity contribution in [1.82, 2.24) is 18.3 Å². The van der Waals surface area contributed by atoms with Gasteiger partial charge in [-0.15, -0.1) is 0 Å². The Balaban J connectivity index is 1.93. The van der Waals surface area contributed by atoms with Crippen molar-refractivity contribution in [2.24, 2.45) is 7.05 Å². The van der Waals surface area contributed by atoms with Crippen molar-refractivity contribution in [2.45, 2.75) is 32.4 Å². The van der Waals surface area contributed by atoms with Crippen LogP contribution in [0.3, 0.4) is 0 Å². The van der Waals surface area contributed by atoms with Crippen LogP contribution >= 0.6 is 0 Å². The van der Waals surface area contributed by atoms with Crippen molar-refractivity contribution >= 4 is 17.0 Å². The number of halogens is 6. The zero-order valence-electron chi connectivity index (χ0n) is 20.1. The summed E-state index contributed by atoms with van der Waals surface area (Å²) in [6.07, 6.45) is -8.72.